The third kappa shape index (κ3) is 4.08. The number of carboxylic acids is 1. The number of anilines is 1. The first-order valence-corrected chi connectivity index (χ1v) is 9.64. The molecule has 2 aliphatic rings. The Balaban J connectivity index is 1.40. The molecule has 0 spiro atoms. The Morgan fingerprint density at radius 3 is 2.59 bits per heavy atom. The Kier molecular flexibility index (Phi) is 4.96. The second-order valence-electron chi connectivity index (χ2n) is 7.65. The molecule has 7 heteroatoms. The van der Waals surface area contributed by atoms with Crippen LogP contribution in [-0.4, -0.2) is 34.5 Å². The van der Waals surface area contributed by atoms with Crippen LogP contribution in [0.4, 0.5) is 5.69 Å². The number of hydrogen-bond donors (Lipinski definition) is 3. The van der Waals surface area contributed by atoms with E-state index in [2.05, 4.69) is 10.6 Å². The van der Waals surface area contributed by atoms with Crippen LogP contribution in [0.3, 0.4) is 0 Å². The Labute approximate surface area is 168 Å². The third-order valence-corrected chi connectivity index (χ3v) is 5.51. The molecule has 1 aliphatic carbocycles. The molecular formula is C22H22N2O5. The van der Waals surface area contributed by atoms with E-state index in [9.17, 15) is 14.4 Å². The number of ether oxygens (including phenoxy) is 1. The fourth-order valence-electron chi connectivity index (χ4n) is 3.84. The van der Waals surface area contributed by atoms with Gasteiger partial charge >= 0.3 is 5.97 Å². The van der Waals surface area contributed by atoms with Crippen molar-refractivity contribution in [3.05, 3.63) is 59.7 Å². The number of para-hydroxylation sites is 1. The highest BCUT2D eigenvalue weighted by atomic mass is 16.5. The van der Waals surface area contributed by atoms with E-state index >= 15 is 0 Å². The number of benzene rings is 2. The molecule has 1 heterocycles. The van der Waals surface area contributed by atoms with Gasteiger partial charge in [-0.2, -0.15) is 0 Å². The van der Waals surface area contributed by atoms with E-state index in [0.29, 0.717) is 36.3 Å². The van der Waals surface area contributed by atoms with Gasteiger partial charge in [0.1, 0.15) is 5.75 Å². The topological polar surface area (TPSA) is 105 Å². The van der Waals surface area contributed by atoms with E-state index in [-0.39, 0.29) is 18.2 Å². The average Bonchev–Trinajstić information content (AvgIpc) is 3.10. The van der Waals surface area contributed by atoms with Crippen molar-refractivity contribution in [1.29, 1.82) is 0 Å². The number of carboxylic acid groups (broad SMARTS) is 1. The van der Waals surface area contributed by atoms with Crippen LogP contribution in [-0.2, 0) is 16.0 Å². The molecule has 0 bridgehead atoms. The summed E-state index contributed by atoms with van der Waals surface area (Å²) in [5, 5.41) is 14.8. The average molecular weight is 394 g/mol. The molecule has 0 aromatic heterocycles. The Morgan fingerprint density at radius 1 is 1.10 bits per heavy atom. The van der Waals surface area contributed by atoms with Crippen LogP contribution in [0.2, 0.25) is 0 Å². The molecule has 7 nitrogen and oxygen atoms in total. The smallest absolute Gasteiger partial charge is 0.305 e. The normalized spacial score (nSPS) is 18.7. The zero-order chi connectivity index (χ0) is 20.4. The lowest BCUT2D eigenvalue weighted by Gasteiger charge is -2.41. The molecule has 4 rings (SSSR count). The number of hydrogen-bond acceptors (Lipinski definition) is 4. The molecule has 2 aromatic carbocycles. The molecule has 150 valence electrons. The number of rotatable bonds is 6. The van der Waals surface area contributed by atoms with Crippen molar-refractivity contribution in [2.45, 2.75) is 43.7 Å². The summed E-state index contributed by atoms with van der Waals surface area (Å²) in [4.78, 5) is 36.3. The van der Waals surface area contributed by atoms with Crippen LogP contribution in [0.15, 0.2) is 48.5 Å². The van der Waals surface area contributed by atoms with Crippen LogP contribution < -0.4 is 15.4 Å². The minimum Gasteiger partial charge on any atom is -0.481 e. The number of carbonyl (C=O) groups is 3. The first kappa shape index (κ1) is 19.0. The first-order valence-electron chi connectivity index (χ1n) is 9.64. The van der Waals surface area contributed by atoms with Crippen molar-refractivity contribution in [2.24, 2.45) is 0 Å². The number of amides is 2. The number of fused-ring (bicyclic) bond motifs is 1. The molecular weight excluding hydrogens is 372 g/mol. The highest BCUT2D eigenvalue weighted by molar-refractivity contribution is 5.99. The summed E-state index contributed by atoms with van der Waals surface area (Å²) in [6.45, 7) is 0. The summed E-state index contributed by atoms with van der Waals surface area (Å²) in [5.41, 5.74) is 1.18. The molecule has 0 radical (unpaired) electrons. The molecule has 1 aliphatic heterocycles. The van der Waals surface area contributed by atoms with E-state index in [4.69, 9.17) is 9.84 Å². The molecule has 0 saturated heterocycles. The van der Waals surface area contributed by atoms with Crippen molar-refractivity contribution in [3.8, 4) is 5.75 Å². The summed E-state index contributed by atoms with van der Waals surface area (Å²) in [6.07, 6.45) is 2.00. The van der Waals surface area contributed by atoms with Gasteiger partial charge in [0.05, 0.1) is 12.0 Å². The van der Waals surface area contributed by atoms with E-state index in [1.165, 1.54) is 0 Å². The van der Waals surface area contributed by atoms with Crippen molar-refractivity contribution in [1.82, 2.24) is 5.32 Å². The van der Waals surface area contributed by atoms with Crippen LogP contribution in [0.1, 0.15) is 41.6 Å². The zero-order valence-electron chi connectivity index (χ0n) is 15.8. The van der Waals surface area contributed by atoms with Gasteiger partial charge in [-0.1, -0.05) is 24.3 Å². The van der Waals surface area contributed by atoms with E-state index in [1.807, 2.05) is 24.3 Å². The monoisotopic (exact) mass is 394 g/mol. The summed E-state index contributed by atoms with van der Waals surface area (Å²) < 4.78 is 5.70. The highest BCUT2D eigenvalue weighted by Crippen LogP contribution is 2.35. The minimum absolute atomic E-state index is 0.0885. The van der Waals surface area contributed by atoms with Crippen molar-refractivity contribution in [3.63, 3.8) is 0 Å². The Morgan fingerprint density at radius 2 is 1.90 bits per heavy atom. The van der Waals surface area contributed by atoms with Gasteiger partial charge in [0, 0.05) is 17.7 Å². The fraction of sp³-hybridized carbons (Fsp3) is 0.318. The molecule has 1 saturated carbocycles. The van der Waals surface area contributed by atoms with Gasteiger partial charge in [-0.3, -0.25) is 14.4 Å². The maximum Gasteiger partial charge on any atom is 0.305 e. The predicted molar refractivity (Wildman–Crippen MR) is 106 cm³/mol. The molecule has 1 atom stereocenters. The van der Waals surface area contributed by atoms with Gasteiger partial charge in [0.2, 0.25) is 0 Å². The van der Waals surface area contributed by atoms with Gasteiger partial charge in [-0.05, 0) is 49.1 Å². The maximum absolute atomic E-state index is 12.6. The lowest BCUT2D eigenvalue weighted by atomic mass is 9.74. The highest BCUT2D eigenvalue weighted by Gasteiger charge is 2.40. The molecule has 29 heavy (non-hydrogen) atoms. The number of aliphatic carboxylic acids is 1. The molecule has 2 aromatic rings. The second kappa shape index (κ2) is 7.58. The molecule has 1 fully saturated rings. The first-order chi connectivity index (χ1) is 13.9. The predicted octanol–water partition coefficient (Wildman–Crippen LogP) is 2.76. The fourth-order valence-corrected chi connectivity index (χ4v) is 3.84. The van der Waals surface area contributed by atoms with Crippen LogP contribution in [0.25, 0.3) is 0 Å². The van der Waals surface area contributed by atoms with Gasteiger partial charge < -0.3 is 20.5 Å². The number of nitrogens with one attached hydrogen (secondary N) is 2. The summed E-state index contributed by atoms with van der Waals surface area (Å²) in [5.74, 6) is -0.833. The lowest BCUT2D eigenvalue weighted by Crippen LogP contribution is -2.54. The minimum atomic E-state index is -0.927. The van der Waals surface area contributed by atoms with Crippen molar-refractivity contribution < 1.29 is 24.2 Å². The van der Waals surface area contributed by atoms with Gasteiger partial charge in [0.15, 0.2) is 6.10 Å². The van der Waals surface area contributed by atoms with Gasteiger partial charge in [-0.25, -0.2) is 0 Å². The number of carbonyl (C=O) groups excluding carboxylic acids is 2. The van der Waals surface area contributed by atoms with Gasteiger partial charge in [0.25, 0.3) is 11.8 Å². The lowest BCUT2D eigenvalue weighted by molar-refractivity contribution is -0.139. The maximum atomic E-state index is 12.6. The van der Waals surface area contributed by atoms with Crippen molar-refractivity contribution >= 4 is 23.5 Å². The Hall–Kier alpha value is -3.35. The van der Waals surface area contributed by atoms with Crippen LogP contribution in [0.5, 0.6) is 5.75 Å². The summed E-state index contributed by atoms with van der Waals surface area (Å²) in [6, 6.07) is 14.1. The molecule has 3 N–H and O–H groups in total. The van der Waals surface area contributed by atoms with E-state index in [1.54, 1.807) is 24.3 Å². The van der Waals surface area contributed by atoms with Crippen LogP contribution >= 0.6 is 0 Å². The van der Waals surface area contributed by atoms with E-state index < -0.39 is 17.6 Å². The third-order valence-electron chi connectivity index (χ3n) is 5.51. The van der Waals surface area contributed by atoms with Crippen LogP contribution in [0, 0.1) is 0 Å². The van der Waals surface area contributed by atoms with E-state index in [0.717, 1.165) is 12.0 Å². The summed E-state index contributed by atoms with van der Waals surface area (Å²) in [7, 11) is 0. The molecule has 1 unspecified atom stereocenters. The zero-order valence-corrected chi connectivity index (χ0v) is 15.8. The standard InChI is InChI=1S/C22H22N2O5/c25-19(26)13-22(9-4-10-22)24-20(27)15-6-3-7-16(11-15)23-21(28)18-12-14-5-1-2-8-17(14)29-18/h1-3,5-8,11,18H,4,9-10,12-13H2,(H,23,28)(H,24,27)(H,25,26). The Bertz CT molecular complexity index is 942. The van der Waals surface area contributed by atoms with Gasteiger partial charge in [-0.15, -0.1) is 0 Å². The van der Waals surface area contributed by atoms with Crippen molar-refractivity contribution in [2.75, 3.05) is 5.32 Å². The second-order valence-corrected chi connectivity index (χ2v) is 7.65. The summed E-state index contributed by atoms with van der Waals surface area (Å²) >= 11 is 0. The largest absolute Gasteiger partial charge is 0.481 e. The quantitative estimate of drug-likeness (QED) is 0.699. The molecule has 2 amide bonds. The SMILES string of the molecule is O=C(O)CC1(NC(=O)c2cccc(NC(=O)C3Cc4ccccc4O3)c2)CCC1.